The average molecular weight is 447 g/mol. The SMILES string of the molecule is COc1cc(OC)cc(OCCCNC(=O)Nc2ccc(-n3nnc4ccccc43)cc2)c1. The van der Waals surface area contributed by atoms with Gasteiger partial charge in [0.15, 0.2) is 0 Å². The fourth-order valence-electron chi connectivity index (χ4n) is 3.25. The second-order valence-corrected chi connectivity index (χ2v) is 7.17. The first kappa shape index (κ1) is 21.9. The molecule has 2 amide bonds. The second kappa shape index (κ2) is 10.4. The third-order valence-corrected chi connectivity index (χ3v) is 4.92. The summed E-state index contributed by atoms with van der Waals surface area (Å²) in [6.45, 7) is 0.910. The molecule has 1 heterocycles. The maximum absolute atomic E-state index is 12.2. The van der Waals surface area contributed by atoms with Crippen molar-refractivity contribution in [2.75, 3.05) is 32.7 Å². The Morgan fingerprint density at radius 1 is 0.939 bits per heavy atom. The Morgan fingerprint density at radius 2 is 1.64 bits per heavy atom. The Kier molecular flexibility index (Phi) is 6.89. The lowest BCUT2D eigenvalue weighted by Gasteiger charge is -2.11. The Labute approximate surface area is 191 Å². The van der Waals surface area contributed by atoms with Crippen molar-refractivity contribution in [3.05, 3.63) is 66.7 Å². The monoisotopic (exact) mass is 447 g/mol. The van der Waals surface area contributed by atoms with Crippen LogP contribution in [0.15, 0.2) is 66.7 Å². The summed E-state index contributed by atoms with van der Waals surface area (Å²) < 4.78 is 17.9. The van der Waals surface area contributed by atoms with E-state index in [-0.39, 0.29) is 6.03 Å². The number of carbonyl (C=O) groups excluding carboxylic acids is 1. The summed E-state index contributed by atoms with van der Waals surface area (Å²) in [5.74, 6) is 1.96. The molecule has 0 fully saturated rings. The van der Waals surface area contributed by atoms with E-state index in [9.17, 15) is 4.79 Å². The number of benzene rings is 3. The number of methoxy groups -OCH3 is 2. The molecular weight excluding hydrogens is 422 g/mol. The summed E-state index contributed by atoms with van der Waals surface area (Å²) in [5.41, 5.74) is 3.29. The van der Waals surface area contributed by atoms with E-state index in [0.29, 0.717) is 42.5 Å². The Bertz CT molecular complexity index is 1200. The van der Waals surface area contributed by atoms with Crippen LogP contribution in [-0.2, 0) is 0 Å². The van der Waals surface area contributed by atoms with Crippen LogP contribution in [0.1, 0.15) is 6.42 Å². The van der Waals surface area contributed by atoms with Crippen molar-refractivity contribution < 1.29 is 19.0 Å². The lowest BCUT2D eigenvalue weighted by Crippen LogP contribution is -2.30. The number of aromatic nitrogens is 3. The summed E-state index contributed by atoms with van der Waals surface area (Å²) >= 11 is 0. The molecule has 0 radical (unpaired) electrons. The van der Waals surface area contributed by atoms with Gasteiger partial charge in [0.25, 0.3) is 0 Å². The number of hydrogen-bond donors (Lipinski definition) is 2. The van der Waals surface area contributed by atoms with Crippen LogP contribution in [0.4, 0.5) is 10.5 Å². The molecular formula is C24H25N5O4. The van der Waals surface area contributed by atoms with Crippen molar-refractivity contribution in [3.8, 4) is 22.9 Å². The van der Waals surface area contributed by atoms with Crippen molar-refractivity contribution in [1.29, 1.82) is 0 Å². The number of urea groups is 1. The highest BCUT2D eigenvalue weighted by atomic mass is 16.5. The molecule has 9 heteroatoms. The minimum absolute atomic E-state index is 0.281. The molecule has 0 saturated carbocycles. The molecule has 0 aliphatic heterocycles. The molecule has 0 aliphatic rings. The third-order valence-electron chi connectivity index (χ3n) is 4.92. The third kappa shape index (κ3) is 5.51. The van der Waals surface area contributed by atoms with Gasteiger partial charge in [0.1, 0.15) is 22.8 Å². The van der Waals surface area contributed by atoms with E-state index in [4.69, 9.17) is 14.2 Å². The molecule has 33 heavy (non-hydrogen) atoms. The first-order valence-corrected chi connectivity index (χ1v) is 10.5. The number of nitrogens with one attached hydrogen (secondary N) is 2. The van der Waals surface area contributed by atoms with Crippen LogP contribution >= 0.6 is 0 Å². The molecule has 170 valence electrons. The predicted octanol–water partition coefficient (Wildman–Crippen LogP) is 4.03. The molecule has 0 saturated heterocycles. The van der Waals surface area contributed by atoms with Gasteiger partial charge in [0, 0.05) is 30.4 Å². The van der Waals surface area contributed by atoms with Crippen LogP contribution in [0.25, 0.3) is 16.7 Å². The summed E-state index contributed by atoms with van der Waals surface area (Å²) in [5, 5.41) is 14.0. The number of carbonyl (C=O) groups is 1. The molecule has 0 unspecified atom stereocenters. The fourth-order valence-corrected chi connectivity index (χ4v) is 3.25. The van der Waals surface area contributed by atoms with Gasteiger partial charge in [-0.1, -0.05) is 17.3 Å². The van der Waals surface area contributed by atoms with Crippen LogP contribution in [-0.4, -0.2) is 48.4 Å². The van der Waals surface area contributed by atoms with Gasteiger partial charge in [-0.25, -0.2) is 9.48 Å². The lowest BCUT2D eigenvalue weighted by molar-refractivity contribution is 0.250. The standard InChI is InChI=1S/C24H25N5O4/c1-31-19-14-20(32-2)16-21(15-19)33-13-5-12-25-24(30)26-17-8-10-18(11-9-17)29-23-7-4-3-6-22(23)27-28-29/h3-4,6-11,14-16H,5,12-13H2,1-2H3,(H2,25,26,30). The largest absolute Gasteiger partial charge is 0.496 e. The quantitative estimate of drug-likeness (QED) is 0.376. The van der Waals surface area contributed by atoms with Crippen molar-refractivity contribution in [1.82, 2.24) is 20.3 Å². The zero-order valence-corrected chi connectivity index (χ0v) is 18.4. The minimum atomic E-state index is -0.281. The van der Waals surface area contributed by atoms with E-state index in [1.54, 1.807) is 37.1 Å². The zero-order valence-electron chi connectivity index (χ0n) is 18.4. The molecule has 0 aliphatic carbocycles. The first-order chi connectivity index (χ1) is 16.2. The van der Waals surface area contributed by atoms with E-state index in [0.717, 1.165) is 16.7 Å². The predicted molar refractivity (Wildman–Crippen MR) is 126 cm³/mol. The maximum Gasteiger partial charge on any atom is 0.319 e. The highest BCUT2D eigenvalue weighted by Crippen LogP contribution is 2.27. The lowest BCUT2D eigenvalue weighted by atomic mass is 10.2. The molecule has 0 bridgehead atoms. The number of anilines is 1. The molecule has 4 aromatic rings. The molecule has 1 aromatic heterocycles. The molecule has 3 aromatic carbocycles. The van der Waals surface area contributed by atoms with Gasteiger partial charge in [-0.15, -0.1) is 5.10 Å². The highest BCUT2D eigenvalue weighted by molar-refractivity contribution is 5.89. The average Bonchev–Trinajstić information content (AvgIpc) is 3.28. The number of para-hydroxylation sites is 1. The second-order valence-electron chi connectivity index (χ2n) is 7.17. The zero-order chi connectivity index (χ0) is 23.0. The normalized spacial score (nSPS) is 10.6. The summed E-state index contributed by atoms with van der Waals surface area (Å²) in [4.78, 5) is 12.2. The van der Waals surface area contributed by atoms with Crippen LogP contribution in [0.5, 0.6) is 17.2 Å². The minimum Gasteiger partial charge on any atom is -0.496 e. The molecule has 9 nitrogen and oxygen atoms in total. The van der Waals surface area contributed by atoms with Gasteiger partial charge >= 0.3 is 6.03 Å². The van der Waals surface area contributed by atoms with Crippen molar-refractivity contribution >= 4 is 22.8 Å². The van der Waals surface area contributed by atoms with Gasteiger partial charge in [-0.05, 0) is 42.8 Å². The van der Waals surface area contributed by atoms with Crippen molar-refractivity contribution in [3.63, 3.8) is 0 Å². The van der Waals surface area contributed by atoms with E-state index >= 15 is 0 Å². The van der Waals surface area contributed by atoms with Crippen molar-refractivity contribution in [2.45, 2.75) is 6.42 Å². The van der Waals surface area contributed by atoms with Gasteiger partial charge in [0.05, 0.1) is 32.0 Å². The van der Waals surface area contributed by atoms with Gasteiger partial charge in [-0.3, -0.25) is 0 Å². The van der Waals surface area contributed by atoms with Crippen LogP contribution < -0.4 is 24.8 Å². The first-order valence-electron chi connectivity index (χ1n) is 10.5. The number of fused-ring (bicyclic) bond motifs is 1. The van der Waals surface area contributed by atoms with Crippen LogP contribution in [0, 0.1) is 0 Å². The summed E-state index contributed by atoms with van der Waals surface area (Å²) in [6, 6.07) is 20.2. The van der Waals surface area contributed by atoms with Gasteiger partial charge in [0.2, 0.25) is 0 Å². The van der Waals surface area contributed by atoms with Crippen LogP contribution in [0.2, 0.25) is 0 Å². The topological polar surface area (TPSA) is 99.5 Å². The van der Waals surface area contributed by atoms with E-state index < -0.39 is 0 Å². The number of hydrogen-bond acceptors (Lipinski definition) is 6. The van der Waals surface area contributed by atoms with Crippen molar-refractivity contribution in [2.24, 2.45) is 0 Å². The molecule has 4 rings (SSSR count). The smallest absolute Gasteiger partial charge is 0.319 e. The van der Waals surface area contributed by atoms with E-state index in [2.05, 4.69) is 20.9 Å². The molecule has 0 atom stereocenters. The van der Waals surface area contributed by atoms with E-state index in [1.165, 1.54) is 0 Å². The Morgan fingerprint density at radius 3 is 2.36 bits per heavy atom. The summed E-state index contributed by atoms with van der Waals surface area (Å²) in [6.07, 6.45) is 0.644. The van der Waals surface area contributed by atoms with E-state index in [1.807, 2.05) is 48.5 Å². The van der Waals surface area contributed by atoms with Crippen LogP contribution in [0.3, 0.4) is 0 Å². The molecule has 0 spiro atoms. The number of amides is 2. The Balaban J connectivity index is 1.22. The maximum atomic E-state index is 12.2. The number of nitrogens with zero attached hydrogens (tertiary/aromatic N) is 3. The van der Waals surface area contributed by atoms with Gasteiger partial charge < -0.3 is 24.8 Å². The molecule has 2 N–H and O–H groups in total. The Hall–Kier alpha value is -4.27. The highest BCUT2D eigenvalue weighted by Gasteiger charge is 2.07. The number of rotatable bonds is 9. The fraction of sp³-hybridized carbons (Fsp3) is 0.208. The number of ether oxygens (including phenoxy) is 3. The summed E-state index contributed by atoms with van der Waals surface area (Å²) in [7, 11) is 3.18. The van der Waals surface area contributed by atoms with Gasteiger partial charge in [-0.2, -0.15) is 0 Å².